The molecule has 2 aliphatic heterocycles. The molecule has 0 saturated heterocycles. The fourth-order valence-corrected chi connectivity index (χ4v) is 19.2. The summed E-state index contributed by atoms with van der Waals surface area (Å²) in [5.74, 6) is -0.831. The average Bonchev–Trinajstić information content (AvgIpc) is 1.19. The minimum Gasteiger partial charge on any atom is -0.452 e. The van der Waals surface area contributed by atoms with Gasteiger partial charge in [0.25, 0.3) is 0 Å². The largest absolute Gasteiger partial charge is 0.452 e. The lowest BCUT2D eigenvalue weighted by Gasteiger charge is -2.45. The Morgan fingerprint density at radius 3 is 1.01 bits per heavy atom. The summed E-state index contributed by atoms with van der Waals surface area (Å²) in [7, 11) is 0. The monoisotopic (exact) mass is 1560 g/mol. The van der Waals surface area contributed by atoms with Gasteiger partial charge in [-0.15, -0.1) is 0 Å². The van der Waals surface area contributed by atoms with E-state index in [4.69, 9.17) is 7.16 Å². The number of fused-ring (bicyclic) bond motifs is 19. The lowest BCUT2D eigenvalue weighted by Crippen LogP contribution is -2.30. The minimum absolute atomic E-state index is 0.0926. The first kappa shape index (κ1) is 56.5. The average molecular weight is 1570 g/mol. The van der Waals surface area contributed by atoms with E-state index in [9.17, 15) is 19.2 Å². The molecule has 580 valence electrons. The summed E-state index contributed by atoms with van der Waals surface area (Å²) in [5.41, 5.74) is 19.2. The summed E-state index contributed by atoms with van der Waals surface area (Å²) in [6.07, 6.45) is 0. The molecular formula is C113H92N6O. The Morgan fingerprint density at radius 1 is 0.242 bits per heavy atom. The summed E-state index contributed by atoms with van der Waals surface area (Å²) < 4.78 is 171. The second-order valence-corrected chi connectivity index (χ2v) is 36.6. The molecule has 0 saturated carbocycles. The molecule has 0 radical (unpaired) electrons. The van der Waals surface area contributed by atoms with Crippen molar-refractivity contribution in [1.82, 2.24) is 18.3 Å². The van der Waals surface area contributed by atoms with Gasteiger partial charge in [-0.3, -0.25) is 0 Å². The van der Waals surface area contributed by atoms with Gasteiger partial charge in [0.1, 0.15) is 0 Å². The highest BCUT2D eigenvalue weighted by Crippen LogP contribution is 2.63. The number of anilines is 6. The van der Waals surface area contributed by atoms with Crippen LogP contribution in [0.3, 0.4) is 0 Å². The van der Waals surface area contributed by atoms with Gasteiger partial charge in [0, 0.05) is 82.4 Å². The number of rotatable bonds is 8. The van der Waals surface area contributed by atoms with E-state index in [2.05, 4.69) is 242 Å². The van der Waals surface area contributed by atoms with Crippen molar-refractivity contribution in [2.45, 2.75) is 111 Å². The molecule has 1 unspecified atom stereocenters. The van der Waals surface area contributed by atoms with Crippen LogP contribution in [0.25, 0.3) is 154 Å². The van der Waals surface area contributed by atoms with Crippen molar-refractivity contribution in [3.8, 4) is 45.0 Å². The van der Waals surface area contributed by atoms with Gasteiger partial charge in [-0.2, -0.15) is 0 Å². The highest BCUT2D eigenvalue weighted by molar-refractivity contribution is 6.18. The molecule has 0 bridgehead atoms. The third-order valence-corrected chi connectivity index (χ3v) is 25.2. The number of nitrogens with zero attached hydrogens (tertiary/aromatic N) is 6. The predicted octanol–water partition coefficient (Wildman–Crippen LogP) is 31.2. The summed E-state index contributed by atoms with van der Waals surface area (Å²) in [4.78, 5) is 4.36. The molecule has 16 aromatic carbocycles. The van der Waals surface area contributed by atoms with Crippen LogP contribution in [0.1, 0.15) is 150 Å². The maximum atomic E-state index is 10.3. The van der Waals surface area contributed by atoms with E-state index >= 15 is 0 Å². The molecule has 120 heavy (non-hydrogen) atoms. The summed E-state index contributed by atoms with van der Waals surface area (Å²) >= 11 is 0. The second-order valence-electron chi connectivity index (χ2n) is 36.6. The van der Waals surface area contributed by atoms with E-state index in [-0.39, 0.29) is 76.6 Å². The van der Waals surface area contributed by atoms with E-state index in [1.54, 1.807) is 4.57 Å². The quantitative estimate of drug-likeness (QED) is 0.152. The van der Waals surface area contributed by atoms with E-state index in [0.29, 0.717) is 56.4 Å². The van der Waals surface area contributed by atoms with E-state index in [1.165, 1.54) is 15.7 Å². The molecule has 7 nitrogen and oxygen atoms in total. The van der Waals surface area contributed by atoms with Crippen molar-refractivity contribution in [3.63, 3.8) is 0 Å². The SMILES string of the molecule is [2H]c1c([2H])c([2H])c2c(c1[2H])c1c([2H])c([2H])c([2H])c([2H])c1n2-c1ccc2c(c1)N(c1cc(-c3ccccc3)cc(-c3ccccc3)c1)c1cc(-n3c4c([2H])c([2H])c([2H])c([2H])c4c4c([2H])c([2H])c([2H])c([2H])c43)cc3c1C2c1ccc(-n2c4ccc(C(C)(C)C)cc4c4cc(C(C)(C)C)ccc42)cc1N3c1cccc2c1oc1c(-n3c4ccc(C(C)(C)C)cc4c4cc(C(C)(C)C)ccc43)cccc12. The molecule has 7 heteroatoms. The molecule has 7 heterocycles. The zero-order valence-electron chi connectivity index (χ0n) is 84.7. The fraction of sp³-hybridized carbons (Fsp3) is 0.150. The number of furan rings is 1. The van der Waals surface area contributed by atoms with Crippen LogP contribution in [0.2, 0.25) is 0 Å². The topological polar surface area (TPSA) is 39.3 Å². The zero-order valence-corrected chi connectivity index (χ0v) is 68.7. The van der Waals surface area contributed by atoms with Gasteiger partial charge in [0.05, 0.1) is 106 Å². The van der Waals surface area contributed by atoms with Gasteiger partial charge in [-0.25, -0.2) is 0 Å². The van der Waals surface area contributed by atoms with Crippen molar-refractivity contribution in [2.75, 3.05) is 9.80 Å². The van der Waals surface area contributed by atoms with Crippen LogP contribution in [0.5, 0.6) is 0 Å². The van der Waals surface area contributed by atoms with Crippen LogP contribution >= 0.6 is 0 Å². The van der Waals surface area contributed by atoms with Crippen LogP contribution in [0.15, 0.2) is 338 Å². The zero-order chi connectivity index (χ0) is 95.2. The maximum absolute atomic E-state index is 10.3. The van der Waals surface area contributed by atoms with E-state index < -0.39 is 103 Å². The maximum Gasteiger partial charge on any atom is 0.159 e. The van der Waals surface area contributed by atoms with Crippen LogP contribution in [-0.2, 0) is 21.7 Å². The first-order valence-corrected chi connectivity index (χ1v) is 41.2. The fourth-order valence-electron chi connectivity index (χ4n) is 19.2. The third-order valence-electron chi connectivity index (χ3n) is 25.2. The Kier molecular flexibility index (Phi) is 12.1. The van der Waals surface area contributed by atoms with Gasteiger partial charge in [0.2, 0.25) is 0 Å². The Morgan fingerprint density at radius 2 is 0.592 bits per heavy atom. The standard InChI is InChI=1S/C113H92N6O/c1-110(2,3)72-45-53-96-88(60-72)89-61-73(111(4,5)6)46-54-97(89)115(96)77-50-52-87-103(65-77)119(101-44-28-38-85-84-37-27-43-100(108(84)120-109(85)101)118-98-55-47-74(112(7,8)9)62-90(98)91-63-75(113(10,11)12)48-56-99(91)118)105-67-79(116-94-41-25-21-35-82(94)83-36-22-26-42-95(83)116)66-104-107(105)106(87)86-51-49-76(114-92-39-23-19-33-80(92)81-34-20-24-40-93(81)114)64-102(86)117(104)78-58-70(68-29-15-13-16-30-68)57-71(59-78)69-31-17-14-18-32-69/h13-67,106H,1-12H3/i19D,20D,21D,22D,23D,24D,25D,26D,33D,34D,35D,36D,39D,40D,41D,42D. The molecule has 0 amide bonds. The molecule has 0 N–H and O–H groups in total. The van der Waals surface area contributed by atoms with Crippen molar-refractivity contribution in [1.29, 1.82) is 0 Å². The van der Waals surface area contributed by atoms with Crippen LogP contribution in [-0.4, -0.2) is 18.3 Å². The smallest absolute Gasteiger partial charge is 0.159 e. The van der Waals surface area contributed by atoms with E-state index in [1.807, 2.05) is 97.1 Å². The molecule has 0 fully saturated rings. The third kappa shape index (κ3) is 10.8. The van der Waals surface area contributed by atoms with Gasteiger partial charge in [-0.1, -0.05) is 277 Å². The van der Waals surface area contributed by atoms with Crippen LogP contribution in [0.4, 0.5) is 34.1 Å². The number of para-hydroxylation sites is 6. The lowest BCUT2D eigenvalue weighted by atomic mass is 9.75. The molecule has 0 spiro atoms. The minimum atomic E-state index is -0.831. The highest BCUT2D eigenvalue weighted by Gasteiger charge is 2.44. The number of hydrogen-bond donors (Lipinski definition) is 0. The first-order valence-electron chi connectivity index (χ1n) is 49.2. The molecule has 0 aliphatic carbocycles. The molecule has 2 aliphatic rings. The van der Waals surface area contributed by atoms with Gasteiger partial charge < -0.3 is 32.5 Å². The van der Waals surface area contributed by atoms with Gasteiger partial charge in [0.15, 0.2) is 11.2 Å². The summed E-state index contributed by atoms with van der Waals surface area (Å²) in [5, 5.41) is 5.41. The number of aromatic nitrogens is 4. The van der Waals surface area contributed by atoms with Gasteiger partial charge in [-0.05, 0) is 217 Å². The second kappa shape index (κ2) is 25.8. The number of hydrogen-bond acceptors (Lipinski definition) is 3. The van der Waals surface area contributed by atoms with Crippen LogP contribution < -0.4 is 9.80 Å². The predicted molar refractivity (Wildman–Crippen MR) is 507 cm³/mol. The molecule has 5 aromatic heterocycles. The first-order chi connectivity index (χ1) is 64.7. The van der Waals surface area contributed by atoms with Gasteiger partial charge >= 0.3 is 0 Å². The summed E-state index contributed by atoms with van der Waals surface area (Å²) in [6.45, 7) is 26.8. The highest BCUT2D eigenvalue weighted by atomic mass is 16.3. The Bertz CT molecular complexity index is 8580. The number of benzene rings is 16. The molecular weight excluding hydrogens is 1460 g/mol. The lowest BCUT2D eigenvalue weighted by molar-refractivity contribution is 0.590. The summed E-state index contributed by atoms with van der Waals surface area (Å²) in [6, 6.07) is 73.3. The Labute approximate surface area is 721 Å². The molecule has 21 aromatic rings. The Balaban J connectivity index is 0.911. The Hall–Kier alpha value is -13.9. The van der Waals surface area contributed by atoms with E-state index in [0.717, 1.165) is 105 Å². The normalized spacial score (nSPS) is 15.8. The van der Waals surface area contributed by atoms with Crippen molar-refractivity contribution in [2.24, 2.45) is 0 Å². The van der Waals surface area contributed by atoms with Crippen molar-refractivity contribution in [3.05, 3.63) is 372 Å². The van der Waals surface area contributed by atoms with Crippen molar-refractivity contribution < 1.29 is 26.3 Å². The molecule has 23 rings (SSSR count). The van der Waals surface area contributed by atoms with Crippen LogP contribution in [0, 0.1) is 0 Å². The molecule has 1 atom stereocenters. The van der Waals surface area contributed by atoms with Crippen molar-refractivity contribution >= 4 is 143 Å².